The van der Waals surface area contributed by atoms with Crippen molar-refractivity contribution in [3.63, 3.8) is 0 Å². The highest BCUT2D eigenvalue weighted by Crippen LogP contribution is 2.31. The zero-order chi connectivity index (χ0) is 19.7. The Bertz CT molecular complexity index is 1120. The number of carbonyl (C=O) groups is 1. The highest BCUT2D eigenvalue weighted by atomic mass is 35.5. The minimum absolute atomic E-state index is 0.240. The average Bonchev–Trinajstić information content (AvgIpc) is 3.27. The lowest BCUT2D eigenvalue weighted by Gasteiger charge is -2.15. The van der Waals surface area contributed by atoms with Crippen LogP contribution in [0.15, 0.2) is 46.9 Å². The number of carbonyl (C=O) groups excluding carboxylic acids is 1. The van der Waals surface area contributed by atoms with Gasteiger partial charge in [0, 0.05) is 10.9 Å². The van der Waals surface area contributed by atoms with Crippen molar-refractivity contribution in [2.75, 3.05) is 12.0 Å². The third kappa shape index (κ3) is 3.50. The minimum Gasteiger partial charge on any atom is -0.449 e. The molecule has 1 amide bonds. The van der Waals surface area contributed by atoms with Crippen molar-refractivity contribution in [3.05, 3.63) is 64.6 Å². The van der Waals surface area contributed by atoms with Gasteiger partial charge in [0.05, 0.1) is 22.1 Å². The van der Waals surface area contributed by atoms with Gasteiger partial charge >= 0.3 is 0 Å². The van der Waals surface area contributed by atoms with E-state index >= 15 is 0 Å². The quantitative estimate of drug-likeness (QED) is 0.438. The van der Waals surface area contributed by atoms with E-state index in [0.29, 0.717) is 10.6 Å². The number of rotatable bonds is 6. The van der Waals surface area contributed by atoms with E-state index in [1.54, 1.807) is 17.8 Å². The van der Waals surface area contributed by atoms with Crippen molar-refractivity contribution in [1.29, 1.82) is 0 Å². The molecule has 0 radical (unpaired) electrons. The van der Waals surface area contributed by atoms with E-state index in [1.807, 2.05) is 49.6 Å². The second-order valence-electron chi connectivity index (χ2n) is 6.62. The number of hydrogen-bond acceptors (Lipinski definition) is 4. The molecule has 4 rings (SSSR count). The van der Waals surface area contributed by atoms with Crippen LogP contribution in [0.4, 0.5) is 0 Å². The van der Waals surface area contributed by atoms with Crippen LogP contribution < -0.4 is 5.32 Å². The number of aromatic amines is 1. The summed E-state index contributed by atoms with van der Waals surface area (Å²) in [4.78, 5) is 21.0. The molecular formula is C21H20ClN3O2S. The van der Waals surface area contributed by atoms with Crippen molar-refractivity contribution in [1.82, 2.24) is 15.3 Å². The van der Waals surface area contributed by atoms with E-state index in [9.17, 15) is 4.79 Å². The van der Waals surface area contributed by atoms with E-state index in [4.69, 9.17) is 16.0 Å². The van der Waals surface area contributed by atoms with Crippen LogP contribution >= 0.6 is 23.4 Å². The number of hydrogen-bond donors (Lipinski definition) is 2. The molecule has 2 aromatic heterocycles. The SMILES string of the molecule is CSCC[C@@H](NC(=O)c1oc2c(Cl)cccc2c1C)c1nc2ccccc2[nH]1. The summed E-state index contributed by atoms with van der Waals surface area (Å²) in [5, 5.41) is 4.43. The standard InChI is InChI=1S/C21H20ClN3O2S/c1-12-13-6-5-7-14(22)19(13)27-18(12)21(26)25-17(10-11-28-2)20-23-15-8-3-4-9-16(15)24-20/h3-9,17H,10-11H2,1-2H3,(H,23,24)(H,25,26)/t17-/m1/s1. The van der Waals surface area contributed by atoms with Gasteiger partial charge in [0.25, 0.3) is 5.91 Å². The summed E-state index contributed by atoms with van der Waals surface area (Å²) in [6, 6.07) is 13.1. The number of nitrogens with zero attached hydrogens (tertiary/aromatic N) is 1. The summed E-state index contributed by atoms with van der Waals surface area (Å²) in [6.45, 7) is 1.87. The van der Waals surface area contributed by atoms with Crippen LogP contribution in [0.25, 0.3) is 22.0 Å². The molecule has 0 bridgehead atoms. The van der Waals surface area contributed by atoms with Gasteiger partial charge in [0.2, 0.25) is 0 Å². The van der Waals surface area contributed by atoms with E-state index in [1.165, 1.54) is 0 Å². The third-order valence-electron chi connectivity index (χ3n) is 4.78. The predicted octanol–water partition coefficient (Wildman–Crippen LogP) is 5.50. The number of aryl methyl sites for hydroxylation is 1. The number of aromatic nitrogens is 2. The lowest BCUT2D eigenvalue weighted by Crippen LogP contribution is -2.30. The number of amides is 1. The molecular weight excluding hydrogens is 394 g/mol. The third-order valence-corrected chi connectivity index (χ3v) is 5.72. The summed E-state index contributed by atoms with van der Waals surface area (Å²) in [5.74, 6) is 1.66. The number of thioether (sulfide) groups is 1. The fourth-order valence-electron chi connectivity index (χ4n) is 3.30. The van der Waals surface area contributed by atoms with Gasteiger partial charge in [-0.15, -0.1) is 0 Å². The van der Waals surface area contributed by atoms with Crippen molar-refractivity contribution in [3.8, 4) is 0 Å². The minimum atomic E-state index is -0.267. The van der Waals surface area contributed by atoms with Crippen LogP contribution in [0.5, 0.6) is 0 Å². The monoisotopic (exact) mass is 413 g/mol. The second kappa shape index (κ2) is 7.89. The first-order valence-electron chi connectivity index (χ1n) is 9.00. The number of H-pyrrole nitrogens is 1. The lowest BCUT2D eigenvalue weighted by molar-refractivity contribution is 0.0907. The fourth-order valence-corrected chi connectivity index (χ4v) is 3.98. The molecule has 0 saturated carbocycles. The molecule has 7 heteroatoms. The highest BCUT2D eigenvalue weighted by molar-refractivity contribution is 7.98. The topological polar surface area (TPSA) is 70.9 Å². The molecule has 0 saturated heterocycles. The molecule has 1 atom stereocenters. The van der Waals surface area contributed by atoms with Crippen LogP contribution in [0, 0.1) is 6.92 Å². The summed E-state index contributed by atoms with van der Waals surface area (Å²) >= 11 is 7.95. The number of furan rings is 1. The molecule has 0 aliphatic carbocycles. The number of imidazole rings is 1. The van der Waals surface area contributed by atoms with Gasteiger partial charge in [0.1, 0.15) is 5.82 Å². The van der Waals surface area contributed by atoms with Gasteiger partial charge < -0.3 is 14.7 Å². The second-order valence-corrected chi connectivity index (χ2v) is 8.01. The Morgan fingerprint density at radius 1 is 1.29 bits per heavy atom. The summed E-state index contributed by atoms with van der Waals surface area (Å²) in [5.41, 5.74) is 3.15. The van der Waals surface area contributed by atoms with Gasteiger partial charge in [-0.2, -0.15) is 11.8 Å². The van der Waals surface area contributed by atoms with E-state index in [-0.39, 0.29) is 17.7 Å². The average molecular weight is 414 g/mol. The van der Waals surface area contributed by atoms with Gasteiger partial charge in [-0.25, -0.2) is 4.98 Å². The number of para-hydroxylation sites is 3. The first kappa shape index (κ1) is 18.9. The molecule has 0 aliphatic heterocycles. The molecule has 144 valence electrons. The number of halogens is 1. The Morgan fingerprint density at radius 3 is 2.86 bits per heavy atom. The summed E-state index contributed by atoms with van der Waals surface area (Å²) in [6.07, 6.45) is 2.80. The zero-order valence-electron chi connectivity index (χ0n) is 15.6. The summed E-state index contributed by atoms with van der Waals surface area (Å²) < 4.78 is 5.81. The van der Waals surface area contributed by atoms with Gasteiger partial charge in [-0.3, -0.25) is 4.79 Å². The van der Waals surface area contributed by atoms with E-state index in [0.717, 1.165) is 40.0 Å². The Kier molecular flexibility index (Phi) is 5.33. The van der Waals surface area contributed by atoms with Crippen LogP contribution in [0.2, 0.25) is 5.02 Å². The van der Waals surface area contributed by atoms with E-state index < -0.39 is 0 Å². The molecule has 2 heterocycles. The normalized spacial score (nSPS) is 12.5. The fraction of sp³-hybridized carbons (Fsp3) is 0.238. The predicted molar refractivity (Wildman–Crippen MR) is 115 cm³/mol. The van der Waals surface area contributed by atoms with Crippen LogP contribution in [0.1, 0.15) is 34.4 Å². The first-order valence-corrected chi connectivity index (χ1v) is 10.8. The van der Waals surface area contributed by atoms with Crippen molar-refractivity contribution >= 4 is 51.3 Å². The van der Waals surface area contributed by atoms with Gasteiger partial charge in [-0.05, 0) is 43.6 Å². The van der Waals surface area contributed by atoms with E-state index in [2.05, 4.69) is 15.3 Å². The molecule has 4 aromatic rings. The molecule has 28 heavy (non-hydrogen) atoms. The largest absolute Gasteiger partial charge is 0.449 e. The Labute approximate surface area is 171 Å². The smallest absolute Gasteiger partial charge is 0.287 e. The van der Waals surface area contributed by atoms with Gasteiger partial charge in [-0.1, -0.05) is 35.9 Å². The summed E-state index contributed by atoms with van der Waals surface area (Å²) in [7, 11) is 0. The first-order chi connectivity index (χ1) is 13.6. The number of nitrogens with one attached hydrogen (secondary N) is 2. The number of fused-ring (bicyclic) bond motifs is 2. The van der Waals surface area contributed by atoms with Crippen LogP contribution in [0.3, 0.4) is 0 Å². The van der Waals surface area contributed by atoms with Crippen molar-refractivity contribution in [2.24, 2.45) is 0 Å². The lowest BCUT2D eigenvalue weighted by atomic mass is 10.1. The Hall–Kier alpha value is -2.44. The van der Waals surface area contributed by atoms with Crippen LogP contribution in [-0.4, -0.2) is 27.9 Å². The maximum absolute atomic E-state index is 13.0. The maximum atomic E-state index is 13.0. The maximum Gasteiger partial charge on any atom is 0.287 e. The molecule has 5 nitrogen and oxygen atoms in total. The molecule has 2 aromatic carbocycles. The highest BCUT2D eigenvalue weighted by Gasteiger charge is 2.24. The van der Waals surface area contributed by atoms with Crippen molar-refractivity contribution in [2.45, 2.75) is 19.4 Å². The Balaban J connectivity index is 1.66. The number of benzene rings is 2. The zero-order valence-corrected chi connectivity index (χ0v) is 17.2. The molecule has 0 spiro atoms. The molecule has 0 fully saturated rings. The van der Waals surface area contributed by atoms with Gasteiger partial charge in [0.15, 0.2) is 11.3 Å². The molecule has 0 unspecified atom stereocenters. The van der Waals surface area contributed by atoms with Crippen molar-refractivity contribution < 1.29 is 9.21 Å². The molecule has 0 aliphatic rings. The molecule has 2 N–H and O–H groups in total. The van der Waals surface area contributed by atoms with Crippen LogP contribution in [-0.2, 0) is 0 Å². The Morgan fingerprint density at radius 2 is 2.11 bits per heavy atom.